The molecule has 0 aliphatic heterocycles. The summed E-state index contributed by atoms with van der Waals surface area (Å²) in [6.45, 7) is 1.94. The van der Waals surface area contributed by atoms with Gasteiger partial charge in [0.25, 0.3) is 0 Å². The van der Waals surface area contributed by atoms with Gasteiger partial charge in [0.1, 0.15) is 0 Å². The van der Waals surface area contributed by atoms with Gasteiger partial charge in [-0.25, -0.2) is 13.1 Å². The van der Waals surface area contributed by atoms with Gasteiger partial charge in [-0.15, -0.1) is 0 Å². The molecular formula is C20H24F3NO2S. The molecule has 2 aromatic rings. The summed E-state index contributed by atoms with van der Waals surface area (Å²) in [5.41, 5.74) is 0.524. The first kappa shape index (κ1) is 21.4. The second-order valence-electron chi connectivity index (χ2n) is 6.48. The molecule has 148 valence electrons. The second kappa shape index (κ2) is 9.37. The first-order chi connectivity index (χ1) is 12.7. The van der Waals surface area contributed by atoms with Crippen molar-refractivity contribution in [2.45, 2.75) is 56.6 Å². The molecule has 0 saturated heterocycles. The maximum absolute atomic E-state index is 12.7. The van der Waals surface area contributed by atoms with Crippen molar-refractivity contribution >= 4 is 10.0 Å². The minimum Gasteiger partial charge on any atom is -0.207 e. The first-order valence-electron chi connectivity index (χ1n) is 8.97. The zero-order chi connectivity index (χ0) is 19.9. The van der Waals surface area contributed by atoms with E-state index in [4.69, 9.17) is 0 Å². The lowest BCUT2D eigenvalue weighted by Crippen LogP contribution is -2.23. The van der Waals surface area contributed by atoms with E-state index >= 15 is 0 Å². The lowest BCUT2D eigenvalue weighted by molar-refractivity contribution is -0.137. The molecule has 2 aromatic carbocycles. The molecule has 0 aromatic heterocycles. The monoisotopic (exact) mass is 399 g/mol. The highest BCUT2D eigenvalue weighted by Gasteiger charge is 2.30. The van der Waals surface area contributed by atoms with E-state index in [1.54, 1.807) is 12.1 Å². The predicted molar refractivity (Wildman–Crippen MR) is 99.8 cm³/mol. The zero-order valence-corrected chi connectivity index (χ0v) is 16.0. The first-order valence-corrected chi connectivity index (χ1v) is 10.5. The molecule has 0 bridgehead atoms. The van der Waals surface area contributed by atoms with Crippen LogP contribution in [0.2, 0.25) is 0 Å². The molecule has 0 unspecified atom stereocenters. The van der Waals surface area contributed by atoms with Crippen LogP contribution in [0.3, 0.4) is 0 Å². The lowest BCUT2D eigenvalue weighted by atomic mass is 10.1. The van der Waals surface area contributed by atoms with Crippen LogP contribution in [0.1, 0.15) is 49.3 Å². The number of sulfonamides is 1. The third-order valence-electron chi connectivity index (χ3n) is 4.27. The Morgan fingerprint density at radius 3 is 2.26 bits per heavy atom. The van der Waals surface area contributed by atoms with Crippen molar-refractivity contribution in [2.24, 2.45) is 0 Å². The van der Waals surface area contributed by atoms with Crippen LogP contribution in [0, 0.1) is 0 Å². The van der Waals surface area contributed by atoms with E-state index < -0.39 is 21.8 Å². The highest BCUT2D eigenvalue weighted by molar-refractivity contribution is 7.89. The minimum absolute atomic E-state index is 0.104. The number of hydrogen-bond acceptors (Lipinski definition) is 2. The average molecular weight is 399 g/mol. The topological polar surface area (TPSA) is 46.2 Å². The minimum atomic E-state index is -4.46. The fourth-order valence-corrected chi connectivity index (χ4v) is 3.73. The number of nitrogens with one attached hydrogen (secondary N) is 1. The summed E-state index contributed by atoms with van der Waals surface area (Å²) in [4.78, 5) is 0.104. The molecule has 27 heavy (non-hydrogen) atoms. The number of benzene rings is 2. The second-order valence-corrected chi connectivity index (χ2v) is 8.24. The summed E-state index contributed by atoms with van der Waals surface area (Å²) in [7, 11) is -3.78. The van der Waals surface area contributed by atoms with Gasteiger partial charge in [0.2, 0.25) is 10.0 Å². The molecule has 3 nitrogen and oxygen atoms in total. The standard InChI is InChI=1S/C20H24F3NO2S/c1-2-3-4-5-7-16-10-12-19(13-11-16)27(25,26)24-15-17-8-6-9-18(14-17)20(21,22)23/h6,8-14,24H,2-5,7,15H2,1H3. The SMILES string of the molecule is CCCCCCc1ccc(S(=O)(=O)NCc2cccc(C(F)(F)F)c2)cc1. The molecule has 0 saturated carbocycles. The van der Waals surface area contributed by atoms with E-state index in [0.29, 0.717) is 0 Å². The fourth-order valence-electron chi connectivity index (χ4n) is 2.71. The summed E-state index contributed by atoms with van der Waals surface area (Å²) in [6, 6.07) is 11.2. The van der Waals surface area contributed by atoms with E-state index in [0.717, 1.165) is 43.4 Å². The number of halogens is 3. The van der Waals surface area contributed by atoms with Crippen LogP contribution in [-0.4, -0.2) is 8.42 Å². The van der Waals surface area contributed by atoms with Crippen LogP contribution in [0.15, 0.2) is 53.4 Å². The van der Waals surface area contributed by atoms with E-state index in [1.165, 1.54) is 30.7 Å². The van der Waals surface area contributed by atoms with Gasteiger partial charge in [0.05, 0.1) is 10.5 Å². The van der Waals surface area contributed by atoms with Gasteiger partial charge < -0.3 is 0 Å². The number of aryl methyl sites for hydroxylation is 1. The summed E-state index contributed by atoms with van der Waals surface area (Å²) in [5.74, 6) is 0. The molecule has 0 heterocycles. The Balaban J connectivity index is 1.98. The molecule has 0 spiro atoms. The fraction of sp³-hybridized carbons (Fsp3) is 0.400. The Bertz CT molecular complexity index is 831. The van der Waals surface area contributed by atoms with Crippen molar-refractivity contribution in [2.75, 3.05) is 0 Å². The quantitative estimate of drug-likeness (QED) is 0.581. The molecule has 0 atom stereocenters. The molecule has 0 fully saturated rings. The molecular weight excluding hydrogens is 375 g/mol. The van der Waals surface area contributed by atoms with Crippen LogP contribution < -0.4 is 4.72 Å². The normalized spacial score (nSPS) is 12.3. The Kier molecular flexibility index (Phi) is 7.44. The third-order valence-corrected chi connectivity index (χ3v) is 5.69. The summed E-state index contributed by atoms with van der Waals surface area (Å²) in [6.07, 6.45) is 1.00. The highest BCUT2D eigenvalue weighted by Crippen LogP contribution is 2.29. The van der Waals surface area contributed by atoms with Crippen molar-refractivity contribution < 1.29 is 21.6 Å². The van der Waals surface area contributed by atoms with Gasteiger partial charge in [0, 0.05) is 6.54 Å². The largest absolute Gasteiger partial charge is 0.416 e. The van der Waals surface area contributed by atoms with E-state index in [9.17, 15) is 21.6 Å². The Morgan fingerprint density at radius 2 is 1.63 bits per heavy atom. The van der Waals surface area contributed by atoms with Gasteiger partial charge in [-0.3, -0.25) is 0 Å². The molecule has 7 heteroatoms. The zero-order valence-electron chi connectivity index (χ0n) is 15.2. The van der Waals surface area contributed by atoms with Crippen LogP contribution >= 0.6 is 0 Å². The Morgan fingerprint density at radius 1 is 0.926 bits per heavy atom. The molecule has 1 N–H and O–H groups in total. The number of unbranched alkanes of at least 4 members (excludes halogenated alkanes) is 3. The van der Waals surface area contributed by atoms with Crippen LogP contribution in [0.25, 0.3) is 0 Å². The van der Waals surface area contributed by atoms with Gasteiger partial charge in [-0.1, -0.05) is 56.5 Å². The third kappa shape index (κ3) is 6.66. The maximum Gasteiger partial charge on any atom is 0.416 e. The smallest absolute Gasteiger partial charge is 0.207 e. The summed E-state index contributed by atoms with van der Waals surface area (Å²) < 4.78 is 65.3. The van der Waals surface area contributed by atoms with Crippen LogP contribution in [0.4, 0.5) is 13.2 Å². The van der Waals surface area contributed by atoms with Gasteiger partial charge in [-0.2, -0.15) is 13.2 Å². The molecule has 0 radical (unpaired) electrons. The van der Waals surface area contributed by atoms with Crippen LogP contribution in [-0.2, 0) is 29.2 Å². The van der Waals surface area contributed by atoms with E-state index in [-0.39, 0.29) is 17.0 Å². The average Bonchev–Trinajstić information content (AvgIpc) is 2.64. The Labute approximate surface area is 158 Å². The molecule has 2 rings (SSSR count). The summed E-state index contributed by atoms with van der Waals surface area (Å²) in [5, 5.41) is 0. The Hall–Kier alpha value is -1.86. The van der Waals surface area contributed by atoms with Crippen molar-refractivity contribution in [1.29, 1.82) is 0 Å². The van der Waals surface area contributed by atoms with Gasteiger partial charge in [-0.05, 0) is 42.2 Å². The lowest BCUT2D eigenvalue weighted by Gasteiger charge is -2.10. The summed E-state index contributed by atoms with van der Waals surface area (Å²) >= 11 is 0. The number of alkyl halides is 3. The predicted octanol–water partition coefficient (Wildman–Crippen LogP) is 5.31. The van der Waals surface area contributed by atoms with Crippen molar-refractivity contribution in [3.8, 4) is 0 Å². The van der Waals surface area contributed by atoms with Crippen molar-refractivity contribution in [3.63, 3.8) is 0 Å². The van der Waals surface area contributed by atoms with E-state index in [2.05, 4.69) is 11.6 Å². The molecule has 0 amide bonds. The van der Waals surface area contributed by atoms with E-state index in [1.807, 2.05) is 0 Å². The van der Waals surface area contributed by atoms with Gasteiger partial charge >= 0.3 is 6.18 Å². The van der Waals surface area contributed by atoms with Crippen molar-refractivity contribution in [3.05, 3.63) is 65.2 Å². The molecule has 0 aliphatic carbocycles. The molecule has 0 aliphatic rings. The van der Waals surface area contributed by atoms with Gasteiger partial charge in [0.15, 0.2) is 0 Å². The van der Waals surface area contributed by atoms with Crippen molar-refractivity contribution in [1.82, 2.24) is 4.72 Å². The van der Waals surface area contributed by atoms with Crippen LogP contribution in [0.5, 0.6) is 0 Å². The maximum atomic E-state index is 12.7. The number of rotatable bonds is 9. The number of hydrogen-bond donors (Lipinski definition) is 1. The highest BCUT2D eigenvalue weighted by atomic mass is 32.2.